The highest BCUT2D eigenvalue weighted by Crippen LogP contribution is 2.08. The minimum Gasteiger partial charge on any atom is -0.362 e. The highest BCUT2D eigenvalue weighted by atomic mass is 32.1. The zero-order valence-corrected chi connectivity index (χ0v) is 15.6. The standard InChI is InChI=1S/C21H27N3S/c25-21(22-13-12-18-8-2-1-3-9-18)23-16-19-10-4-5-11-20(19)17-24-14-6-7-15-24/h1-5,8-11H,6-7,12-17H2,(H2,22,23,25)/p+1. The molecule has 3 N–H and O–H groups in total. The highest BCUT2D eigenvalue weighted by Gasteiger charge is 2.16. The molecule has 25 heavy (non-hydrogen) atoms. The fourth-order valence-electron chi connectivity index (χ4n) is 3.43. The Hall–Kier alpha value is -1.91. The lowest BCUT2D eigenvalue weighted by molar-refractivity contribution is -0.901. The molecule has 1 aliphatic heterocycles. The quantitative estimate of drug-likeness (QED) is 0.665. The predicted octanol–water partition coefficient (Wildman–Crippen LogP) is 2.07. The van der Waals surface area contributed by atoms with Gasteiger partial charge in [0, 0.05) is 31.5 Å². The van der Waals surface area contributed by atoms with Crippen LogP contribution in [0.15, 0.2) is 54.6 Å². The van der Waals surface area contributed by atoms with E-state index in [2.05, 4.69) is 59.2 Å². The monoisotopic (exact) mass is 354 g/mol. The summed E-state index contributed by atoms with van der Waals surface area (Å²) in [5.74, 6) is 0. The van der Waals surface area contributed by atoms with Crippen molar-refractivity contribution in [3.63, 3.8) is 0 Å². The van der Waals surface area contributed by atoms with Crippen LogP contribution in [0.5, 0.6) is 0 Å². The minimum absolute atomic E-state index is 0.735. The first-order valence-electron chi connectivity index (χ1n) is 9.27. The molecule has 0 bridgehead atoms. The van der Waals surface area contributed by atoms with Gasteiger partial charge in [-0.1, -0.05) is 54.6 Å². The van der Waals surface area contributed by atoms with Crippen LogP contribution >= 0.6 is 12.2 Å². The minimum atomic E-state index is 0.735. The average molecular weight is 355 g/mol. The summed E-state index contributed by atoms with van der Waals surface area (Å²) in [6.07, 6.45) is 3.72. The Morgan fingerprint density at radius 2 is 1.56 bits per heavy atom. The first-order valence-corrected chi connectivity index (χ1v) is 9.68. The van der Waals surface area contributed by atoms with Crippen molar-refractivity contribution in [2.75, 3.05) is 19.6 Å². The number of hydrogen-bond acceptors (Lipinski definition) is 1. The van der Waals surface area contributed by atoms with E-state index < -0.39 is 0 Å². The normalized spacial score (nSPS) is 14.4. The van der Waals surface area contributed by atoms with Crippen LogP contribution in [-0.4, -0.2) is 24.7 Å². The Bertz CT molecular complexity index is 666. The third-order valence-corrected chi connectivity index (χ3v) is 5.14. The fraction of sp³-hybridized carbons (Fsp3) is 0.381. The van der Waals surface area contributed by atoms with Gasteiger partial charge in [0.05, 0.1) is 13.1 Å². The highest BCUT2D eigenvalue weighted by molar-refractivity contribution is 7.80. The van der Waals surface area contributed by atoms with Crippen molar-refractivity contribution in [2.45, 2.75) is 32.4 Å². The Kier molecular flexibility index (Phi) is 6.83. The van der Waals surface area contributed by atoms with E-state index in [1.54, 1.807) is 4.90 Å². The molecule has 1 aliphatic rings. The first-order chi connectivity index (χ1) is 12.3. The second kappa shape index (κ2) is 9.54. The molecule has 2 aromatic carbocycles. The Balaban J connectivity index is 1.43. The Morgan fingerprint density at radius 3 is 2.32 bits per heavy atom. The zero-order valence-electron chi connectivity index (χ0n) is 14.8. The van der Waals surface area contributed by atoms with Gasteiger partial charge in [-0.2, -0.15) is 0 Å². The van der Waals surface area contributed by atoms with Crippen molar-refractivity contribution in [2.24, 2.45) is 0 Å². The van der Waals surface area contributed by atoms with Crippen molar-refractivity contribution in [1.82, 2.24) is 10.6 Å². The van der Waals surface area contributed by atoms with Gasteiger partial charge in [0.25, 0.3) is 0 Å². The molecule has 132 valence electrons. The van der Waals surface area contributed by atoms with Gasteiger partial charge in [-0.3, -0.25) is 0 Å². The summed E-state index contributed by atoms with van der Waals surface area (Å²) < 4.78 is 0. The summed E-state index contributed by atoms with van der Waals surface area (Å²) in [7, 11) is 0. The molecule has 0 radical (unpaired) electrons. The molecule has 0 saturated carbocycles. The maximum atomic E-state index is 5.43. The molecule has 0 atom stereocenters. The molecule has 3 rings (SSSR count). The number of hydrogen-bond donors (Lipinski definition) is 3. The number of benzene rings is 2. The maximum Gasteiger partial charge on any atom is 0.166 e. The van der Waals surface area contributed by atoms with Crippen LogP contribution in [0.1, 0.15) is 29.5 Å². The van der Waals surface area contributed by atoms with Gasteiger partial charge < -0.3 is 15.5 Å². The van der Waals surface area contributed by atoms with E-state index >= 15 is 0 Å². The van der Waals surface area contributed by atoms with Crippen molar-refractivity contribution in [3.8, 4) is 0 Å². The number of nitrogens with one attached hydrogen (secondary N) is 3. The average Bonchev–Trinajstić information content (AvgIpc) is 3.15. The van der Waals surface area contributed by atoms with E-state index in [0.717, 1.165) is 31.2 Å². The molecule has 0 amide bonds. The van der Waals surface area contributed by atoms with E-state index in [0.29, 0.717) is 0 Å². The van der Waals surface area contributed by atoms with Crippen LogP contribution in [0.25, 0.3) is 0 Å². The Labute approximate surface area is 156 Å². The van der Waals surface area contributed by atoms with Gasteiger partial charge in [0.15, 0.2) is 5.11 Å². The topological polar surface area (TPSA) is 28.5 Å². The predicted molar refractivity (Wildman–Crippen MR) is 108 cm³/mol. The SMILES string of the molecule is S=C(NCCc1ccccc1)NCc1ccccc1C[NH+]1CCCC1. The van der Waals surface area contributed by atoms with Gasteiger partial charge in [0.2, 0.25) is 0 Å². The van der Waals surface area contributed by atoms with Crippen LogP contribution < -0.4 is 15.5 Å². The Morgan fingerprint density at radius 1 is 0.880 bits per heavy atom. The van der Waals surface area contributed by atoms with Gasteiger partial charge in [-0.15, -0.1) is 0 Å². The first kappa shape index (κ1) is 17.9. The molecule has 0 aliphatic carbocycles. The molecule has 4 heteroatoms. The molecule has 1 heterocycles. The summed E-state index contributed by atoms with van der Waals surface area (Å²) in [5.41, 5.74) is 4.13. The second-order valence-electron chi connectivity index (χ2n) is 6.75. The van der Waals surface area contributed by atoms with E-state index in [1.807, 2.05) is 6.07 Å². The molecule has 1 fully saturated rings. The number of rotatable bonds is 7. The molecule has 2 aromatic rings. The molecule has 0 spiro atoms. The lowest BCUT2D eigenvalue weighted by Gasteiger charge is -2.16. The summed E-state index contributed by atoms with van der Waals surface area (Å²) in [5, 5.41) is 7.41. The lowest BCUT2D eigenvalue weighted by atomic mass is 10.1. The van der Waals surface area contributed by atoms with Crippen LogP contribution in [0.2, 0.25) is 0 Å². The third kappa shape index (κ3) is 5.83. The summed E-state index contributed by atoms with van der Waals surface area (Å²) >= 11 is 5.43. The molecular formula is C21H28N3S+. The van der Waals surface area contributed by atoms with Crippen molar-refractivity contribution in [1.29, 1.82) is 0 Å². The third-order valence-electron chi connectivity index (χ3n) is 4.85. The number of quaternary nitrogens is 1. The van der Waals surface area contributed by atoms with Crippen molar-refractivity contribution >= 4 is 17.3 Å². The van der Waals surface area contributed by atoms with Crippen LogP contribution in [0.4, 0.5) is 0 Å². The van der Waals surface area contributed by atoms with Gasteiger partial charge in [-0.25, -0.2) is 0 Å². The zero-order chi connectivity index (χ0) is 17.3. The fourth-order valence-corrected chi connectivity index (χ4v) is 3.60. The molecule has 0 aromatic heterocycles. The van der Waals surface area contributed by atoms with E-state index in [4.69, 9.17) is 12.2 Å². The van der Waals surface area contributed by atoms with Gasteiger partial charge in [0.1, 0.15) is 6.54 Å². The van der Waals surface area contributed by atoms with Crippen LogP contribution in [0.3, 0.4) is 0 Å². The lowest BCUT2D eigenvalue weighted by Crippen LogP contribution is -3.08. The molecular weight excluding hydrogens is 326 g/mol. The van der Waals surface area contributed by atoms with E-state index in [1.165, 1.54) is 42.6 Å². The summed E-state index contributed by atoms with van der Waals surface area (Å²) in [4.78, 5) is 1.70. The van der Waals surface area contributed by atoms with Gasteiger partial charge >= 0.3 is 0 Å². The molecule has 1 saturated heterocycles. The van der Waals surface area contributed by atoms with Crippen LogP contribution in [-0.2, 0) is 19.5 Å². The van der Waals surface area contributed by atoms with E-state index in [9.17, 15) is 0 Å². The smallest absolute Gasteiger partial charge is 0.166 e. The number of likely N-dealkylation sites (tertiary alicyclic amines) is 1. The molecule has 0 unspecified atom stereocenters. The van der Waals surface area contributed by atoms with Crippen LogP contribution in [0, 0.1) is 0 Å². The summed E-state index contributed by atoms with van der Waals surface area (Å²) in [6, 6.07) is 19.2. The maximum absolute atomic E-state index is 5.43. The summed E-state index contributed by atoms with van der Waals surface area (Å²) in [6.45, 7) is 5.39. The second-order valence-corrected chi connectivity index (χ2v) is 7.16. The number of thiocarbonyl (C=S) groups is 1. The largest absolute Gasteiger partial charge is 0.362 e. The van der Waals surface area contributed by atoms with Gasteiger partial charge in [-0.05, 0) is 29.8 Å². The van der Waals surface area contributed by atoms with E-state index in [-0.39, 0.29) is 0 Å². The van der Waals surface area contributed by atoms with Crippen molar-refractivity contribution in [3.05, 3.63) is 71.3 Å². The van der Waals surface area contributed by atoms with Crippen molar-refractivity contribution < 1.29 is 4.90 Å². The molecule has 3 nitrogen and oxygen atoms in total.